The predicted molar refractivity (Wildman–Crippen MR) is 83.1 cm³/mol. The molecule has 2 heterocycles. The number of fused-ring (bicyclic) bond motifs is 1. The first-order valence-corrected chi connectivity index (χ1v) is 8.05. The molecule has 21 heavy (non-hydrogen) atoms. The quantitative estimate of drug-likeness (QED) is 0.849. The van der Waals surface area contributed by atoms with Gasteiger partial charge in [0.1, 0.15) is 0 Å². The zero-order valence-corrected chi connectivity index (χ0v) is 12.6. The first kappa shape index (κ1) is 14.0. The summed E-state index contributed by atoms with van der Waals surface area (Å²) < 4.78 is 0. The van der Waals surface area contributed by atoms with Gasteiger partial charge in [0, 0.05) is 22.0 Å². The number of thiazole rings is 1. The number of hydrogen-bond acceptors (Lipinski definition) is 5. The highest BCUT2D eigenvalue weighted by Crippen LogP contribution is 2.31. The second-order valence-electron chi connectivity index (χ2n) is 4.61. The number of anilines is 1. The van der Waals surface area contributed by atoms with Crippen LogP contribution in [0.25, 0.3) is 6.08 Å². The van der Waals surface area contributed by atoms with Crippen molar-refractivity contribution in [2.24, 2.45) is 0 Å². The lowest BCUT2D eigenvalue weighted by molar-refractivity contribution is -0.131. The number of aliphatic carboxylic acids is 1. The number of carbonyl (C=O) groups is 2. The number of rotatable bonds is 4. The van der Waals surface area contributed by atoms with Crippen LogP contribution >= 0.6 is 22.7 Å². The summed E-state index contributed by atoms with van der Waals surface area (Å²) in [5, 5.41) is 11.8. The fourth-order valence-electron chi connectivity index (χ4n) is 2.17. The molecule has 2 aromatic rings. The number of nitrogens with one attached hydrogen (secondary N) is 1. The van der Waals surface area contributed by atoms with Crippen LogP contribution in [0.1, 0.15) is 31.4 Å². The van der Waals surface area contributed by atoms with Gasteiger partial charge in [-0.2, -0.15) is 0 Å². The van der Waals surface area contributed by atoms with Crippen molar-refractivity contribution in [3.05, 3.63) is 38.5 Å². The number of aryl methyl sites for hydroxylation is 2. The number of amides is 1. The van der Waals surface area contributed by atoms with Crippen LogP contribution in [0.5, 0.6) is 0 Å². The van der Waals surface area contributed by atoms with Crippen molar-refractivity contribution in [3.63, 3.8) is 0 Å². The van der Waals surface area contributed by atoms with Crippen molar-refractivity contribution in [3.8, 4) is 0 Å². The molecule has 0 spiro atoms. The van der Waals surface area contributed by atoms with Crippen molar-refractivity contribution in [1.82, 2.24) is 4.98 Å². The maximum atomic E-state index is 12.1. The Hall–Kier alpha value is -1.99. The summed E-state index contributed by atoms with van der Waals surface area (Å²) in [5.41, 5.74) is 1.29. The van der Waals surface area contributed by atoms with Crippen LogP contribution in [-0.4, -0.2) is 22.0 Å². The number of carboxylic acid groups (broad SMARTS) is 1. The highest BCUT2D eigenvalue weighted by atomic mass is 32.1. The first-order chi connectivity index (χ1) is 10.1. The van der Waals surface area contributed by atoms with Gasteiger partial charge in [0.25, 0.3) is 5.91 Å². The molecule has 2 N–H and O–H groups in total. The Balaban J connectivity index is 1.68. The summed E-state index contributed by atoms with van der Waals surface area (Å²) in [4.78, 5) is 29.4. The number of thiophene rings is 1. The van der Waals surface area contributed by atoms with E-state index in [1.165, 1.54) is 40.5 Å². The van der Waals surface area contributed by atoms with Crippen LogP contribution in [0.4, 0.5) is 5.13 Å². The topological polar surface area (TPSA) is 79.3 Å². The van der Waals surface area contributed by atoms with E-state index in [-0.39, 0.29) is 5.91 Å². The molecule has 0 unspecified atom stereocenters. The van der Waals surface area contributed by atoms with E-state index in [2.05, 4.69) is 10.3 Å². The molecule has 1 aliphatic rings. The molecular weight excluding hydrogens is 308 g/mol. The summed E-state index contributed by atoms with van der Waals surface area (Å²) in [6.07, 6.45) is 7.33. The summed E-state index contributed by atoms with van der Waals surface area (Å²) in [6, 6.07) is 1.96. The van der Waals surface area contributed by atoms with Crippen LogP contribution in [0.15, 0.2) is 18.3 Å². The third-order valence-electron chi connectivity index (χ3n) is 3.10. The second-order valence-corrected chi connectivity index (χ2v) is 6.81. The molecule has 0 aliphatic heterocycles. The number of carboxylic acids is 1. The molecule has 0 radical (unpaired) electrons. The standard InChI is InChI=1S/C14H12N2O3S2/c17-12(18)5-4-9-7-15-14(20-9)16-13(19)11-6-8-2-1-3-10(8)21-11/h4-7H,1-3H2,(H,17,18)(H,15,16,19). The molecule has 5 nitrogen and oxygen atoms in total. The Morgan fingerprint density at radius 2 is 2.19 bits per heavy atom. The fraction of sp³-hybridized carbons (Fsp3) is 0.214. The highest BCUT2D eigenvalue weighted by Gasteiger charge is 2.19. The monoisotopic (exact) mass is 320 g/mol. The van der Waals surface area contributed by atoms with Gasteiger partial charge in [-0.3, -0.25) is 10.1 Å². The minimum absolute atomic E-state index is 0.155. The third-order valence-corrected chi connectivity index (χ3v) is 5.22. The van der Waals surface area contributed by atoms with Crippen molar-refractivity contribution in [1.29, 1.82) is 0 Å². The van der Waals surface area contributed by atoms with Crippen LogP contribution < -0.4 is 5.32 Å². The van der Waals surface area contributed by atoms with Gasteiger partial charge >= 0.3 is 5.97 Å². The molecule has 1 amide bonds. The number of carbonyl (C=O) groups excluding carboxylic acids is 1. The largest absolute Gasteiger partial charge is 0.478 e. The minimum atomic E-state index is -1.01. The molecule has 1 aliphatic carbocycles. The van der Waals surface area contributed by atoms with E-state index >= 15 is 0 Å². The lowest BCUT2D eigenvalue weighted by Gasteiger charge is -1.98. The Labute approximate surface area is 129 Å². The van der Waals surface area contributed by atoms with Gasteiger partial charge < -0.3 is 5.11 Å². The van der Waals surface area contributed by atoms with Gasteiger partial charge in [0.2, 0.25) is 0 Å². The van der Waals surface area contributed by atoms with Crippen molar-refractivity contribution in [2.45, 2.75) is 19.3 Å². The summed E-state index contributed by atoms with van der Waals surface area (Å²) >= 11 is 2.78. The molecular formula is C14H12N2O3S2. The van der Waals surface area contributed by atoms with Gasteiger partial charge in [-0.15, -0.1) is 11.3 Å². The zero-order valence-electron chi connectivity index (χ0n) is 11.0. The van der Waals surface area contributed by atoms with E-state index in [1.807, 2.05) is 6.07 Å². The molecule has 0 fully saturated rings. The molecule has 0 bridgehead atoms. The third kappa shape index (κ3) is 3.20. The Morgan fingerprint density at radius 1 is 1.33 bits per heavy atom. The lowest BCUT2D eigenvalue weighted by Crippen LogP contribution is -2.09. The van der Waals surface area contributed by atoms with Crippen LogP contribution in [-0.2, 0) is 17.6 Å². The maximum Gasteiger partial charge on any atom is 0.328 e. The van der Waals surface area contributed by atoms with Crippen LogP contribution in [0.2, 0.25) is 0 Å². The number of nitrogens with zero attached hydrogens (tertiary/aromatic N) is 1. The Morgan fingerprint density at radius 3 is 2.95 bits per heavy atom. The van der Waals surface area contributed by atoms with E-state index in [0.29, 0.717) is 14.9 Å². The molecule has 3 rings (SSSR count). The lowest BCUT2D eigenvalue weighted by atomic mass is 10.2. The van der Waals surface area contributed by atoms with E-state index < -0.39 is 5.97 Å². The molecule has 2 aromatic heterocycles. The van der Waals surface area contributed by atoms with Crippen molar-refractivity contribution in [2.75, 3.05) is 5.32 Å². The molecule has 7 heteroatoms. The van der Waals surface area contributed by atoms with Gasteiger partial charge in [-0.05, 0) is 37.0 Å². The summed E-state index contributed by atoms with van der Waals surface area (Å²) in [6.45, 7) is 0. The Bertz CT molecular complexity index is 709. The number of aromatic nitrogens is 1. The van der Waals surface area contributed by atoms with Gasteiger partial charge in [0.15, 0.2) is 5.13 Å². The first-order valence-electron chi connectivity index (χ1n) is 6.41. The fourth-order valence-corrected chi connectivity index (χ4v) is 4.04. The molecule has 0 aromatic carbocycles. The normalized spacial score (nSPS) is 13.5. The predicted octanol–water partition coefficient (Wildman–Crippen LogP) is 3.04. The minimum Gasteiger partial charge on any atom is -0.478 e. The van der Waals surface area contributed by atoms with E-state index in [0.717, 1.165) is 18.9 Å². The van der Waals surface area contributed by atoms with E-state index in [4.69, 9.17) is 5.11 Å². The van der Waals surface area contributed by atoms with Crippen molar-refractivity contribution >= 4 is 45.8 Å². The average Bonchev–Trinajstić information content (AvgIpc) is 3.10. The summed E-state index contributed by atoms with van der Waals surface area (Å²) in [7, 11) is 0. The maximum absolute atomic E-state index is 12.1. The average molecular weight is 320 g/mol. The van der Waals surface area contributed by atoms with Crippen molar-refractivity contribution < 1.29 is 14.7 Å². The van der Waals surface area contributed by atoms with Crippen LogP contribution in [0.3, 0.4) is 0 Å². The van der Waals surface area contributed by atoms with Crippen LogP contribution in [0, 0.1) is 0 Å². The van der Waals surface area contributed by atoms with E-state index in [9.17, 15) is 9.59 Å². The molecule has 108 valence electrons. The summed E-state index contributed by atoms with van der Waals surface area (Å²) in [5.74, 6) is -1.17. The van der Waals surface area contributed by atoms with E-state index in [1.54, 1.807) is 11.3 Å². The SMILES string of the molecule is O=C(O)C=Cc1cnc(NC(=O)c2cc3c(s2)CCC3)s1. The van der Waals surface area contributed by atoms with Gasteiger partial charge in [-0.1, -0.05) is 11.3 Å². The van der Waals surface area contributed by atoms with Gasteiger partial charge in [0.05, 0.1) is 4.88 Å². The smallest absolute Gasteiger partial charge is 0.328 e. The number of hydrogen-bond donors (Lipinski definition) is 2. The molecule has 0 saturated heterocycles. The zero-order chi connectivity index (χ0) is 14.8. The molecule has 0 saturated carbocycles. The Kier molecular flexibility index (Phi) is 3.85. The molecule has 0 atom stereocenters. The van der Waals surface area contributed by atoms with Gasteiger partial charge in [-0.25, -0.2) is 9.78 Å². The second kappa shape index (κ2) is 5.79. The highest BCUT2D eigenvalue weighted by molar-refractivity contribution is 7.17.